The fraction of sp³-hybridized carbons (Fsp3) is 0.316. The van der Waals surface area contributed by atoms with Crippen molar-refractivity contribution in [3.05, 3.63) is 50.9 Å². The minimum absolute atomic E-state index is 0.157. The fourth-order valence-electron chi connectivity index (χ4n) is 3.46. The van der Waals surface area contributed by atoms with Gasteiger partial charge in [0.15, 0.2) is 17.3 Å². The third kappa shape index (κ3) is 3.14. The number of carbonyl (C=O) groups excluding carboxylic acids is 1. The Morgan fingerprint density at radius 3 is 2.37 bits per heavy atom. The van der Waals surface area contributed by atoms with Crippen molar-refractivity contribution in [2.24, 2.45) is 0 Å². The van der Waals surface area contributed by atoms with Gasteiger partial charge in [-0.25, -0.2) is 4.79 Å². The normalized spacial score (nSPS) is 15.8. The smallest absolute Gasteiger partial charge is 0.341 e. The number of aromatic amines is 1. The SMILES string of the molecule is COc1ccc([C@H]2CC(=O)c3cc(C(=O)O)c(=O)[nH]c3C2)c(OC)c1OC. The average Bonchev–Trinajstić information content (AvgIpc) is 2.65. The molecule has 1 aromatic heterocycles. The van der Waals surface area contributed by atoms with Gasteiger partial charge in [-0.3, -0.25) is 9.59 Å². The van der Waals surface area contributed by atoms with Gasteiger partial charge in [-0.2, -0.15) is 0 Å². The molecule has 0 radical (unpaired) electrons. The summed E-state index contributed by atoms with van der Waals surface area (Å²) < 4.78 is 16.2. The highest BCUT2D eigenvalue weighted by molar-refractivity contribution is 6.01. The van der Waals surface area contributed by atoms with Crippen LogP contribution in [0.2, 0.25) is 0 Å². The predicted molar refractivity (Wildman–Crippen MR) is 95.5 cm³/mol. The average molecular weight is 373 g/mol. The lowest BCUT2D eigenvalue weighted by Crippen LogP contribution is -2.27. The lowest BCUT2D eigenvalue weighted by Gasteiger charge is -2.26. The number of benzene rings is 1. The van der Waals surface area contributed by atoms with Crippen molar-refractivity contribution in [2.75, 3.05) is 21.3 Å². The number of hydrogen-bond acceptors (Lipinski definition) is 6. The van der Waals surface area contributed by atoms with E-state index in [0.717, 1.165) is 11.6 Å². The second-order valence-electron chi connectivity index (χ2n) is 6.16. The highest BCUT2D eigenvalue weighted by Crippen LogP contribution is 2.45. The van der Waals surface area contributed by atoms with Crippen molar-refractivity contribution in [2.45, 2.75) is 18.8 Å². The third-order valence-electron chi connectivity index (χ3n) is 4.71. The number of Topliss-reactive ketones (excluding diaryl/α,β-unsaturated/α-hetero) is 1. The lowest BCUT2D eigenvalue weighted by atomic mass is 9.81. The van der Waals surface area contributed by atoms with Crippen LogP contribution in [-0.4, -0.2) is 43.2 Å². The van der Waals surface area contributed by atoms with Gasteiger partial charge in [-0.1, -0.05) is 6.07 Å². The van der Waals surface area contributed by atoms with Crippen LogP contribution in [-0.2, 0) is 6.42 Å². The molecule has 8 heteroatoms. The van der Waals surface area contributed by atoms with Crippen LogP contribution in [0.5, 0.6) is 17.2 Å². The van der Waals surface area contributed by atoms with E-state index < -0.39 is 17.1 Å². The Hall–Kier alpha value is -3.29. The third-order valence-corrected chi connectivity index (χ3v) is 4.71. The number of carboxylic acid groups (broad SMARTS) is 1. The summed E-state index contributed by atoms with van der Waals surface area (Å²) in [5, 5.41) is 9.09. The maximum Gasteiger partial charge on any atom is 0.341 e. The summed E-state index contributed by atoms with van der Waals surface area (Å²) >= 11 is 0. The van der Waals surface area contributed by atoms with E-state index in [1.165, 1.54) is 21.3 Å². The molecule has 142 valence electrons. The fourth-order valence-corrected chi connectivity index (χ4v) is 3.46. The predicted octanol–water partition coefficient (Wildman–Crippen LogP) is 2.01. The van der Waals surface area contributed by atoms with E-state index in [9.17, 15) is 14.4 Å². The number of fused-ring (bicyclic) bond motifs is 1. The quantitative estimate of drug-likeness (QED) is 0.824. The van der Waals surface area contributed by atoms with Crippen LogP contribution in [0, 0.1) is 0 Å². The first-order chi connectivity index (χ1) is 12.9. The zero-order valence-corrected chi connectivity index (χ0v) is 15.1. The van der Waals surface area contributed by atoms with Crippen molar-refractivity contribution in [1.82, 2.24) is 4.98 Å². The van der Waals surface area contributed by atoms with E-state index in [0.29, 0.717) is 29.4 Å². The van der Waals surface area contributed by atoms with Crippen molar-refractivity contribution in [1.29, 1.82) is 0 Å². The molecular weight excluding hydrogens is 354 g/mol. The van der Waals surface area contributed by atoms with Crippen LogP contribution in [0.3, 0.4) is 0 Å². The molecule has 1 heterocycles. The van der Waals surface area contributed by atoms with Gasteiger partial charge in [0.2, 0.25) is 5.75 Å². The molecule has 1 aromatic carbocycles. The van der Waals surface area contributed by atoms with Crippen molar-refractivity contribution >= 4 is 11.8 Å². The van der Waals surface area contributed by atoms with Gasteiger partial charge in [-0.15, -0.1) is 0 Å². The second-order valence-corrected chi connectivity index (χ2v) is 6.16. The van der Waals surface area contributed by atoms with Crippen LogP contribution < -0.4 is 19.8 Å². The summed E-state index contributed by atoms with van der Waals surface area (Å²) in [6, 6.07) is 4.68. The molecule has 8 nitrogen and oxygen atoms in total. The number of aromatic nitrogens is 1. The summed E-state index contributed by atoms with van der Waals surface area (Å²) in [5.74, 6) is -0.480. The molecule has 27 heavy (non-hydrogen) atoms. The molecule has 0 amide bonds. The first-order valence-electron chi connectivity index (χ1n) is 8.22. The summed E-state index contributed by atoms with van der Waals surface area (Å²) in [5.41, 5.74) is 0.237. The van der Waals surface area contributed by atoms with Gasteiger partial charge in [0.25, 0.3) is 5.56 Å². The Kier molecular flexibility index (Phi) is 4.89. The number of nitrogens with one attached hydrogen (secondary N) is 1. The van der Waals surface area contributed by atoms with Crippen molar-refractivity contribution in [3.8, 4) is 17.2 Å². The van der Waals surface area contributed by atoms with E-state index in [4.69, 9.17) is 19.3 Å². The van der Waals surface area contributed by atoms with Gasteiger partial charge in [-0.05, 0) is 18.6 Å². The Balaban J connectivity index is 2.07. The Morgan fingerprint density at radius 2 is 1.78 bits per heavy atom. The number of carbonyl (C=O) groups is 2. The van der Waals surface area contributed by atoms with Crippen molar-refractivity contribution in [3.63, 3.8) is 0 Å². The Bertz CT molecular complexity index is 977. The van der Waals surface area contributed by atoms with Crippen LogP contribution in [0.4, 0.5) is 0 Å². The van der Waals surface area contributed by atoms with E-state index in [1.54, 1.807) is 12.1 Å². The zero-order chi connectivity index (χ0) is 19.7. The van der Waals surface area contributed by atoms with Gasteiger partial charge in [0, 0.05) is 29.2 Å². The van der Waals surface area contributed by atoms with Crippen molar-refractivity contribution < 1.29 is 28.9 Å². The molecule has 1 atom stereocenters. The molecule has 3 rings (SSSR count). The molecule has 2 aromatic rings. The molecule has 0 fully saturated rings. The molecule has 2 N–H and O–H groups in total. The molecule has 0 saturated heterocycles. The molecule has 0 spiro atoms. The van der Waals surface area contributed by atoms with E-state index in [2.05, 4.69) is 4.98 Å². The first-order valence-corrected chi connectivity index (χ1v) is 8.22. The molecule has 0 unspecified atom stereocenters. The minimum atomic E-state index is -1.37. The molecule has 0 bridgehead atoms. The Morgan fingerprint density at radius 1 is 1.07 bits per heavy atom. The van der Waals surface area contributed by atoms with Crippen LogP contribution in [0.1, 0.15) is 44.3 Å². The number of pyridine rings is 1. The minimum Gasteiger partial charge on any atom is -0.493 e. The van der Waals surface area contributed by atoms with E-state index in [-0.39, 0.29) is 23.7 Å². The second kappa shape index (κ2) is 7.14. The van der Waals surface area contributed by atoms with Crippen LogP contribution in [0.25, 0.3) is 0 Å². The lowest BCUT2D eigenvalue weighted by molar-refractivity contribution is 0.0695. The number of ether oxygens (including phenoxy) is 3. The Labute approximate surface area is 154 Å². The molecule has 1 aliphatic rings. The van der Waals surface area contributed by atoms with Crippen LogP contribution >= 0.6 is 0 Å². The molecule has 0 saturated carbocycles. The molecule has 0 aliphatic heterocycles. The summed E-state index contributed by atoms with van der Waals surface area (Å²) in [7, 11) is 4.51. The maximum atomic E-state index is 12.6. The highest BCUT2D eigenvalue weighted by atomic mass is 16.5. The van der Waals surface area contributed by atoms with Gasteiger partial charge in [0.05, 0.1) is 21.3 Å². The largest absolute Gasteiger partial charge is 0.493 e. The van der Waals surface area contributed by atoms with E-state index in [1.807, 2.05) is 0 Å². The summed E-state index contributed by atoms with van der Waals surface area (Å²) in [6.07, 6.45) is 0.520. The number of rotatable bonds is 5. The zero-order valence-electron chi connectivity index (χ0n) is 15.1. The summed E-state index contributed by atoms with van der Waals surface area (Å²) in [6.45, 7) is 0. The standard InChI is InChI=1S/C19H19NO7/c1-25-15-5-4-10(16(26-2)17(15)27-3)9-6-13-11(14(21)7-9)8-12(19(23)24)18(22)20-13/h4-5,8-9H,6-7H2,1-3H3,(H,20,22)(H,23,24)/t9-/m1/s1. The van der Waals surface area contributed by atoms with E-state index >= 15 is 0 Å². The number of ketones is 1. The number of hydrogen-bond donors (Lipinski definition) is 2. The summed E-state index contributed by atoms with van der Waals surface area (Å²) in [4.78, 5) is 38.3. The number of carboxylic acids is 1. The van der Waals surface area contributed by atoms with Gasteiger partial charge in [0.1, 0.15) is 5.56 Å². The first kappa shape index (κ1) is 18.5. The number of H-pyrrole nitrogens is 1. The number of methoxy groups -OCH3 is 3. The van der Waals surface area contributed by atoms with Gasteiger partial charge < -0.3 is 24.3 Å². The number of aromatic carboxylic acids is 1. The maximum absolute atomic E-state index is 12.6. The molecular formula is C19H19NO7. The highest BCUT2D eigenvalue weighted by Gasteiger charge is 2.31. The van der Waals surface area contributed by atoms with Crippen LogP contribution in [0.15, 0.2) is 23.0 Å². The monoisotopic (exact) mass is 373 g/mol. The van der Waals surface area contributed by atoms with Gasteiger partial charge >= 0.3 is 5.97 Å². The topological polar surface area (TPSA) is 115 Å². The molecule has 1 aliphatic carbocycles.